The fraction of sp³-hybridized carbons (Fsp3) is 0.581. The van der Waals surface area contributed by atoms with Crippen molar-refractivity contribution in [2.75, 3.05) is 37.6 Å². The van der Waals surface area contributed by atoms with Crippen molar-refractivity contribution < 1.29 is 9.59 Å². The largest absolute Gasteiger partial charge is 0.354 e. The monoisotopic (exact) mass is 485 g/mol. The van der Waals surface area contributed by atoms with Crippen molar-refractivity contribution >= 4 is 17.4 Å². The first-order valence-corrected chi connectivity index (χ1v) is 13.9. The summed E-state index contributed by atoms with van der Waals surface area (Å²) in [4.78, 5) is 35.1. The number of rotatable bonds is 4. The molecule has 2 unspecified atom stereocenters. The molecule has 0 bridgehead atoms. The van der Waals surface area contributed by atoms with Crippen LogP contribution >= 0.6 is 0 Å². The van der Waals surface area contributed by atoms with E-state index in [4.69, 9.17) is 0 Å². The molecule has 0 aromatic carbocycles. The van der Waals surface area contributed by atoms with E-state index in [1.165, 1.54) is 11.1 Å². The van der Waals surface area contributed by atoms with Crippen molar-refractivity contribution in [2.45, 2.75) is 46.5 Å². The van der Waals surface area contributed by atoms with Crippen LogP contribution in [0.3, 0.4) is 0 Å². The maximum atomic E-state index is 13.9. The average molecular weight is 486 g/mol. The predicted molar refractivity (Wildman–Crippen MR) is 143 cm³/mol. The smallest absolute Gasteiger partial charge is 0.178 e. The molecule has 0 radical (unpaired) electrons. The van der Waals surface area contributed by atoms with E-state index in [1.54, 1.807) is 6.08 Å². The van der Waals surface area contributed by atoms with Gasteiger partial charge >= 0.3 is 0 Å². The Hall–Kier alpha value is -2.53. The summed E-state index contributed by atoms with van der Waals surface area (Å²) in [7, 11) is 0. The first-order valence-electron chi connectivity index (χ1n) is 13.9. The molecule has 0 spiro atoms. The van der Waals surface area contributed by atoms with Gasteiger partial charge in [-0.05, 0) is 80.1 Å². The molecule has 3 fully saturated rings. The lowest BCUT2D eigenvalue weighted by atomic mass is 9.52. The Morgan fingerprint density at radius 3 is 2.72 bits per heavy atom. The normalized spacial score (nSPS) is 38.1. The van der Waals surface area contributed by atoms with E-state index < -0.39 is 0 Å². The number of carbonyl (C=O) groups is 2. The van der Waals surface area contributed by atoms with Gasteiger partial charge in [-0.2, -0.15) is 0 Å². The van der Waals surface area contributed by atoms with Gasteiger partial charge in [0.2, 0.25) is 0 Å². The maximum absolute atomic E-state index is 13.9. The minimum Gasteiger partial charge on any atom is -0.354 e. The Bertz CT molecular complexity index is 1150. The van der Waals surface area contributed by atoms with E-state index in [0.29, 0.717) is 30.1 Å². The highest BCUT2D eigenvalue weighted by molar-refractivity contribution is 6.01. The van der Waals surface area contributed by atoms with Crippen LogP contribution in [0.5, 0.6) is 0 Å². The number of Topliss-reactive ketones (excluding diaryl/α,β-unsaturated/α-hetero) is 1. The third-order valence-electron chi connectivity index (χ3n) is 10.4. The fourth-order valence-electron chi connectivity index (χ4n) is 8.57. The second-order valence-electron chi connectivity index (χ2n) is 12.3. The van der Waals surface area contributed by atoms with Crippen LogP contribution in [0, 0.1) is 34.5 Å². The molecule has 36 heavy (non-hydrogen) atoms. The van der Waals surface area contributed by atoms with E-state index in [2.05, 4.69) is 53.8 Å². The van der Waals surface area contributed by atoms with Gasteiger partial charge in [-0.15, -0.1) is 0 Å². The minimum atomic E-state index is -0.114. The van der Waals surface area contributed by atoms with Crippen LogP contribution < -0.4 is 4.90 Å². The molecule has 2 saturated carbocycles. The van der Waals surface area contributed by atoms with Crippen molar-refractivity contribution in [2.24, 2.45) is 34.5 Å². The second-order valence-corrected chi connectivity index (χ2v) is 12.3. The van der Waals surface area contributed by atoms with Crippen LogP contribution in [-0.2, 0) is 9.59 Å². The molecule has 4 aliphatic carbocycles. The van der Waals surface area contributed by atoms with E-state index in [1.807, 2.05) is 24.4 Å². The topological polar surface area (TPSA) is 53.5 Å². The third kappa shape index (κ3) is 3.73. The van der Waals surface area contributed by atoms with Crippen molar-refractivity contribution in [3.8, 4) is 0 Å². The number of carbonyl (C=O) groups excluding carboxylic acids is 2. The molecule has 1 aliphatic heterocycles. The van der Waals surface area contributed by atoms with Crippen LogP contribution in [-0.4, -0.2) is 54.2 Å². The number of allylic oxidation sites excluding steroid dienone is 6. The Morgan fingerprint density at radius 1 is 1.17 bits per heavy atom. The van der Waals surface area contributed by atoms with Gasteiger partial charge < -0.3 is 4.90 Å². The number of aromatic nitrogens is 1. The maximum Gasteiger partial charge on any atom is 0.178 e. The van der Waals surface area contributed by atoms with Crippen LogP contribution in [0.4, 0.5) is 5.82 Å². The molecule has 5 nitrogen and oxygen atoms in total. The zero-order valence-electron chi connectivity index (χ0n) is 22.0. The lowest BCUT2D eigenvalue weighted by Crippen LogP contribution is -2.50. The highest BCUT2D eigenvalue weighted by Crippen LogP contribution is 2.65. The van der Waals surface area contributed by atoms with E-state index in [-0.39, 0.29) is 22.5 Å². The van der Waals surface area contributed by atoms with Gasteiger partial charge in [0.25, 0.3) is 0 Å². The highest BCUT2D eigenvalue weighted by atomic mass is 16.1. The molecule has 0 amide bonds. The second kappa shape index (κ2) is 8.79. The first-order chi connectivity index (χ1) is 17.3. The van der Waals surface area contributed by atoms with Crippen LogP contribution in [0.25, 0.3) is 0 Å². The molecule has 1 saturated heterocycles. The van der Waals surface area contributed by atoms with Gasteiger partial charge in [-0.3, -0.25) is 14.5 Å². The van der Waals surface area contributed by atoms with E-state index in [9.17, 15) is 9.59 Å². The van der Waals surface area contributed by atoms with Crippen molar-refractivity contribution in [1.29, 1.82) is 0 Å². The van der Waals surface area contributed by atoms with Gasteiger partial charge in [0.15, 0.2) is 11.6 Å². The molecule has 5 aliphatic rings. The minimum absolute atomic E-state index is 0.0340. The van der Waals surface area contributed by atoms with E-state index in [0.717, 1.165) is 57.7 Å². The molecule has 6 rings (SSSR count). The number of anilines is 1. The molecular weight excluding hydrogens is 446 g/mol. The lowest BCUT2D eigenvalue weighted by molar-refractivity contribution is -0.129. The molecule has 0 N–H and O–H groups in total. The first kappa shape index (κ1) is 23.8. The third-order valence-corrected chi connectivity index (χ3v) is 10.4. The van der Waals surface area contributed by atoms with Crippen LogP contribution in [0.15, 0.2) is 59.8 Å². The molecule has 6 atom stereocenters. The summed E-state index contributed by atoms with van der Waals surface area (Å²) in [5, 5.41) is 0. The quantitative estimate of drug-likeness (QED) is 0.570. The molecule has 190 valence electrons. The fourth-order valence-corrected chi connectivity index (χ4v) is 8.57. The summed E-state index contributed by atoms with van der Waals surface area (Å²) in [6.07, 6.45) is 14.3. The van der Waals surface area contributed by atoms with Crippen LogP contribution in [0.1, 0.15) is 46.5 Å². The van der Waals surface area contributed by atoms with Crippen molar-refractivity contribution in [3.63, 3.8) is 0 Å². The molecular formula is C31H39N3O2. The summed E-state index contributed by atoms with van der Waals surface area (Å²) in [6, 6.07) is 6.06. The van der Waals surface area contributed by atoms with Crippen molar-refractivity contribution in [1.82, 2.24) is 9.88 Å². The SMILES string of the molecule is C[C@@H]1CC2C3CCC4=CC(=O)C=C[C@]4(C)C3=CC[C@]2(C)[C@H]1C(=O)CN1CCN(c2ccccn2)CC1. The summed E-state index contributed by atoms with van der Waals surface area (Å²) in [5.74, 6) is 3.22. The number of nitrogens with zero attached hydrogens (tertiary/aromatic N) is 3. The summed E-state index contributed by atoms with van der Waals surface area (Å²) >= 11 is 0. The number of hydrogen-bond acceptors (Lipinski definition) is 5. The number of piperazine rings is 1. The Balaban J connectivity index is 1.17. The number of pyridine rings is 1. The van der Waals surface area contributed by atoms with Crippen LogP contribution in [0.2, 0.25) is 0 Å². The number of ketones is 2. The van der Waals surface area contributed by atoms with E-state index >= 15 is 0 Å². The molecule has 5 heteroatoms. The number of hydrogen-bond donors (Lipinski definition) is 0. The number of fused-ring (bicyclic) bond motifs is 5. The highest BCUT2D eigenvalue weighted by Gasteiger charge is 2.59. The Labute approximate surface area is 215 Å². The molecule has 1 aromatic rings. The Kier molecular flexibility index (Phi) is 5.82. The molecule has 2 heterocycles. The lowest BCUT2D eigenvalue weighted by Gasteiger charge is -2.52. The zero-order chi connectivity index (χ0) is 25.1. The zero-order valence-corrected chi connectivity index (χ0v) is 22.0. The Morgan fingerprint density at radius 2 is 1.97 bits per heavy atom. The van der Waals surface area contributed by atoms with Gasteiger partial charge in [0.05, 0.1) is 6.54 Å². The van der Waals surface area contributed by atoms with Gasteiger partial charge in [0.1, 0.15) is 5.82 Å². The average Bonchev–Trinajstić information content (AvgIpc) is 3.15. The van der Waals surface area contributed by atoms with Gasteiger partial charge in [-0.1, -0.05) is 43.2 Å². The van der Waals surface area contributed by atoms with Gasteiger partial charge in [0, 0.05) is 43.7 Å². The summed E-state index contributed by atoms with van der Waals surface area (Å²) < 4.78 is 0. The summed E-state index contributed by atoms with van der Waals surface area (Å²) in [5.41, 5.74) is 2.71. The predicted octanol–water partition coefficient (Wildman–Crippen LogP) is 4.86. The van der Waals surface area contributed by atoms with Crippen molar-refractivity contribution in [3.05, 3.63) is 59.8 Å². The molecule has 1 aromatic heterocycles. The van der Waals surface area contributed by atoms with Gasteiger partial charge in [-0.25, -0.2) is 4.98 Å². The standard InChI is InChI=1S/C31H39N3O2/c1-21-18-26-24-8-7-22-19-23(35)9-11-30(22,2)25(24)10-12-31(26,3)29(21)27(36)20-33-14-16-34(17-15-33)28-6-4-5-13-32-28/h4-6,9-11,13,19,21,24,26,29H,7-8,12,14-18,20H2,1-3H3/t21-,24?,26?,29-,30+,31+/m1/s1. The summed E-state index contributed by atoms with van der Waals surface area (Å²) in [6.45, 7) is 11.3.